The average molecular weight is 244 g/mol. The van der Waals surface area contributed by atoms with Crippen LogP contribution in [0.3, 0.4) is 0 Å². The highest BCUT2D eigenvalue weighted by molar-refractivity contribution is 7.87. The fraction of sp³-hybridized carbons (Fsp3) is 1.00. The number of hydrogen-bond donors (Lipinski definition) is 2. The molecule has 0 aromatic rings. The van der Waals surface area contributed by atoms with E-state index in [0.29, 0.717) is 6.42 Å². The van der Waals surface area contributed by atoms with Crippen molar-refractivity contribution in [1.82, 2.24) is 0 Å². The standard InChI is InChI=1S/C6H12O6S2/c7-13(8,9)5-2-1-3-6(4-5)14(10,11)12/h5-6H,1-4H2,(H,7,8,9)(H,10,11,12). The summed E-state index contributed by atoms with van der Waals surface area (Å²) in [5, 5.41) is -2.13. The van der Waals surface area contributed by atoms with Gasteiger partial charge in [0, 0.05) is 0 Å². The molecule has 0 radical (unpaired) electrons. The molecule has 2 N–H and O–H groups in total. The molecule has 0 bridgehead atoms. The van der Waals surface area contributed by atoms with Crippen LogP contribution in [0.25, 0.3) is 0 Å². The van der Waals surface area contributed by atoms with Crippen molar-refractivity contribution in [2.45, 2.75) is 36.2 Å². The summed E-state index contributed by atoms with van der Waals surface area (Å²) in [5.74, 6) is 0. The van der Waals surface area contributed by atoms with E-state index in [1.165, 1.54) is 0 Å². The minimum Gasteiger partial charge on any atom is -0.285 e. The molecule has 0 heterocycles. The molecule has 0 saturated heterocycles. The van der Waals surface area contributed by atoms with Crippen LogP contribution in [0.5, 0.6) is 0 Å². The first-order valence-corrected chi connectivity index (χ1v) is 7.14. The van der Waals surface area contributed by atoms with Crippen molar-refractivity contribution in [3.63, 3.8) is 0 Å². The first-order valence-electron chi connectivity index (χ1n) is 4.14. The zero-order chi connectivity index (χ0) is 11.0. The molecular weight excluding hydrogens is 232 g/mol. The van der Waals surface area contributed by atoms with Gasteiger partial charge in [-0.3, -0.25) is 9.11 Å². The summed E-state index contributed by atoms with van der Waals surface area (Å²) in [5.41, 5.74) is 0. The van der Waals surface area contributed by atoms with E-state index in [-0.39, 0.29) is 19.3 Å². The summed E-state index contributed by atoms with van der Waals surface area (Å²) in [6, 6.07) is 0. The highest BCUT2D eigenvalue weighted by Gasteiger charge is 2.35. The van der Waals surface area contributed by atoms with E-state index in [1.54, 1.807) is 0 Å². The summed E-state index contributed by atoms with van der Waals surface area (Å²) in [4.78, 5) is 0. The van der Waals surface area contributed by atoms with Gasteiger partial charge in [0.25, 0.3) is 20.2 Å². The first kappa shape index (κ1) is 11.9. The lowest BCUT2D eigenvalue weighted by Gasteiger charge is -2.24. The third-order valence-corrected chi connectivity index (χ3v) is 4.96. The van der Waals surface area contributed by atoms with Crippen LogP contribution in [0.4, 0.5) is 0 Å². The largest absolute Gasteiger partial charge is 0.285 e. The Balaban J connectivity index is 2.81. The zero-order valence-corrected chi connectivity index (χ0v) is 8.96. The second-order valence-electron chi connectivity index (χ2n) is 3.44. The van der Waals surface area contributed by atoms with Gasteiger partial charge < -0.3 is 0 Å². The van der Waals surface area contributed by atoms with Gasteiger partial charge in [-0.15, -0.1) is 0 Å². The summed E-state index contributed by atoms with van der Waals surface area (Å²) >= 11 is 0. The molecule has 2 unspecified atom stereocenters. The van der Waals surface area contributed by atoms with E-state index >= 15 is 0 Å². The van der Waals surface area contributed by atoms with Crippen LogP contribution < -0.4 is 0 Å². The van der Waals surface area contributed by atoms with Crippen molar-refractivity contribution < 1.29 is 25.9 Å². The summed E-state index contributed by atoms with van der Waals surface area (Å²) in [6.45, 7) is 0. The van der Waals surface area contributed by atoms with Gasteiger partial charge in [0.1, 0.15) is 0 Å². The minimum atomic E-state index is -4.19. The molecular formula is C6H12O6S2. The molecule has 6 nitrogen and oxygen atoms in total. The van der Waals surface area contributed by atoms with Crippen molar-refractivity contribution in [2.75, 3.05) is 0 Å². The lowest BCUT2D eigenvalue weighted by Crippen LogP contribution is -2.34. The third kappa shape index (κ3) is 2.91. The van der Waals surface area contributed by atoms with E-state index in [2.05, 4.69) is 0 Å². The van der Waals surface area contributed by atoms with Crippen LogP contribution >= 0.6 is 0 Å². The molecule has 1 fully saturated rings. The van der Waals surface area contributed by atoms with Crippen LogP contribution in [-0.4, -0.2) is 36.4 Å². The van der Waals surface area contributed by atoms with Crippen LogP contribution in [0.15, 0.2) is 0 Å². The van der Waals surface area contributed by atoms with Crippen LogP contribution in [0, 0.1) is 0 Å². The van der Waals surface area contributed by atoms with Crippen molar-refractivity contribution in [3.05, 3.63) is 0 Å². The third-order valence-electron chi connectivity index (χ3n) is 2.42. The molecule has 1 aliphatic carbocycles. The normalized spacial score (nSPS) is 30.1. The van der Waals surface area contributed by atoms with Gasteiger partial charge in [-0.1, -0.05) is 6.42 Å². The Bertz CT molecular complexity index is 356. The molecule has 14 heavy (non-hydrogen) atoms. The van der Waals surface area contributed by atoms with Crippen molar-refractivity contribution in [2.24, 2.45) is 0 Å². The van der Waals surface area contributed by atoms with Gasteiger partial charge in [-0.05, 0) is 19.3 Å². The molecule has 8 heteroatoms. The van der Waals surface area contributed by atoms with Gasteiger partial charge in [0.2, 0.25) is 0 Å². The number of hydrogen-bond acceptors (Lipinski definition) is 4. The van der Waals surface area contributed by atoms with E-state index in [9.17, 15) is 16.8 Å². The van der Waals surface area contributed by atoms with Gasteiger partial charge in [-0.2, -0.15) is 16.8 Å². The van der Waals surface area contributed by atoms with Gasteiger partial charge >= 0.3 is 0 Å². The Morgan fingerprint density at radius 2 is 1.21 bits per heavy atom. The van der Waals surface area contributed by atoms with E-state index in [1.807, 2.05) is 0 Å². The maximum Gasteiger partial charge on any atom is 0.267 e. The highest BCUT2D eigenvalue weighted by Crippen LogP contribution is 2.27. The van der Waals surface area contributed by atoms with Crippen LogP contribution in [0.2, 0.25) is 0 Å². The highest BCUT2D eigenvalue weighted by atomic mass is 32.2. The lowest BCUT2D eigenvalue weighted by molar-refractivity contribution is 0.403. The maximum absolute atomic E-state index is 10.7. The maximum atomic E-state index is 10.7. The molecule has 0 aromatic heterocycles. The summed E-state index contributed by atoms with van der Waals surface area (Å²) in [6.07, 6.45) is 0.627. The average Bonchev–Trinajstić information content (AvgIpc) is 2.01. The second kappa shape index (κ2) is 3.76. The molecule has 1 saturated carbocycles. The monoisotopic (exact) mass is 244 g/mol. The molecule has 84 valence electrons. The quantitative estimate of drug-likeness (QED) is 0.665. The summed E-state index contributed by atoms with van der Waals surface area (Å²) in [7, 11) is -8.39. The van der Waals surface area contributed by atoms with E-state index in [0.717, 1.165) is 0 Å². The first-order chi connectivity index (χ1) is 6.21. The minimum absolute atomic E-state index is 0.225. The van der Waals surface area contributed by atoms with Crippen LogP contribution in [-0.2, 0) is 20.2 Å². The van der Waals surface area contributed by atoms with Crippen LogP contribution in [0.1, 0.15) is 25.7 Å². The SMILES string of the molecule is O=S(=O)(O)C1CCCC(S(=O)(=O)O)C1. The topological polar surface area (TPSA) is 109 Å². The predicted octanol–water partition coefficient (Wildman–Crippen LogP) is 0.0732. The number of rotatable bonds is 2. The molecule has 1 rings (SSSR count). The zero-order valence-electron chi connectivity index (χ0n) is 7.33. The molecule has 0 aromatic carbocycles. The molecule has 0 spiro atoms. The van der Waals surface area contributed by atoms with Crippen molar-refractivity contribution in [1.29, 1.82) is 0 Å². The second-order valence-corrected chi connectivity index (χ2v) is 6.83. The van der Waals surface area contributed by atoms with E-state index in [4.69, 9.17) is 9.11 Å². The Kier molecular flexibility index (Phi) is 3.20. The smallest absolute Gasteiger partial charge is 0.267 e. The molecule has 2 atom stereocenters. The predicted molar refractivity (Wildman–Crippen MR) is 49.1 cm³/mol. The molecule has 0 amide bonds. The fourth-order valence-electron chi connectivity index (χ4n) is 1.64. The van der Waals surface area contributed by atoms with Gasteiger partial charge in [0.15, 0.2) is 0 Å². The molecule has 0 aliphatic heterocycles. The van der Waals surface area contributed by atoms with Crippen molar-refractivity contribution >= 4 is 20.2 Å². The van der Waals surface area contributed by atoms with Gasteiger partial charge in [-0.25, -0.2) is 0 Å². The Labute approximate surface area is 82.8 Å². The Morgan fingerprint density at radius 3 is 1.50 bits per heavy atom. The fourth-order valence-corrected chi connectivity index (χ4v) is 3.65. The van der Waals surface area contributed by atoms with Gasteiger partial charge in [0.05, 0.1) is 10.5 Å². The lowest BCUT2D eigenvalue weighted by atomic mass is 10.00. The molecule has 1 aliphatic rings. The Morgan fingerprint density at radius 1 is 0.857 bits per heavy atom. The van der Waals surface area contributed by atoms with E-state index < -0.39 is 30.7 Å². The van der Waals surface area contributed by atoms with Crippen molar-refractivity contribution in [3.8, 4) is 0 Å². The Hall–Kier alpha value is -0.180. The summed E-state index contributed by atoms with van der Waals surface area (Å²) < 4.78 is 60.4.